The summed E-state index contributed by atoms with van der Waals surface area (Å²) < 4.78 is 46.1. The number of hydrogen-bond acceptors (Lipinski definition) is 6. The molecule has 0 bridgehead atoms. The van der Waals surface area contributed by atoms with Crippen LogP contribution in [0.5, 0.6) is 0 Å². The van der Waals surface area contributed by atoms with E-state index in [1.54, 1.807) is 12.1 Å². The fourth-order valence-corrected chi connectivity index (χ4v) is 5.54. The number of nitrogens with zero attached hydrogens (tertiary/aromatic N) is 3. The number of thiazole rings is 1. The largest absolute Gasteiger partial charge is 0.457 e. The summed E-state index contributed by atoms with van der Waals surface area (Å²) >= 11 is 8.69. The van der Waals surface area contributed by atoms with Crippen molar-refractivity contribution in [2.24, 2.45) is 4.99 Å². The van der Waals surface area contributed by atoms with Gasteiger partial charge in [0, 0.05) is 18.2 Å². The van der Waals surface area contributed by atoms with E-state index in [-0.39, 0.29) is 34.6 Å². The monoisotopic (exact) mass is 545 g/mol. The number of amides is 1. The lowest BCUT2D eigenvalue weighted by Crippen LogP contribution is -2.29. The van der Waals surface area contributed by atoms with Gasteiger partial charge in [0.25, 0.3) is 5.91 Å². The van der Waals surface area contributed by atoms with Gasteiger partial charge >= 0.3 is 6.18 Å². The minimum absolute atomic E-state index is 0.105. The van der Waals surface area contributed by atoms with Gasteiger partial charge in [0.2, 0.25) is 5.13 Å². The molecule has 1 amide bonds. The molecule has 5 nitrogen and oxygen atoms in total. The van der Waals surface area contributed by atoms with Crippen molar-refractivity contribution in [2.45, 2.75) is 6.18 Å². The third-order valence-electron chi connectivity index (χ3n) is 5.13. The number of carbonyl (C=O) groups excluding carboxylic acids is 1. The van der Waals surface area contributed by atoms with E-state index in [1.807, 2.05) is 24.3 Å². The molecule has 2 aromatic carbocycles. The molecule has 1 aliphatic rings. The topological polar surface area (TPSA) is 58.7 Å². The van der Waals surface area contributed by atoms with Crippen LogP contribution in [0, 0.1) is 0 Å². The predicted octanol–water partition coefficient (Wildman–Crippen LogP) is 8.02. The molecule has 0 N–H and O–H groups in total. The quantitative estimate of drug-likeness (QED) is 0.188. The van der Waals surface area contributed by atoms with Crippen LogP contribution in [0.25, 0.3) is 27.6 Å². The second kappa shape index (κ2) is 9.61. The maximum absolute atomic E-state index is 13.1. The number of para-hydroxylation sites is 1. The van der Waals surface area contributed by atoms with Crippen molar-refractivity contribution >= 4 is 67.2 Å². The zero-order valence-electron chi connectivity index (χ0n) is 18.3. The Morgan fingerprint density at radius 1 is 1.17 bits per heavy atom. The molecular weight excluding hydrogens is 531 g/mol. The summed E-state index contributed by atoms with van der Waals surface area (Å²) in [5.41, 5.74) is 0.0852. The second-order valence-corrected chi connectivity index (χ2v) is 9.99. The molecule has 36 heavy (non-hydrogen) atoms. The Bertz CT molecular complexity index is 1520. The lowest BCUT2D eigenvalue weighted by atomic mass is 10.1. The van der Waals surface area contributed by atoms with E-state index < -0.39 is 11.7 Å². The number of alkyl halides is 3. The Labute approximate surface area is 216 Å². The number of amidine groups is 1. The maximum atomic E-state index is 13.1. The van der Waals surface area contributed by atoms with Gasteiger partial charge in [0.15, 0.2) is 5.17 Å². The van der Waals surface area contributed by atoms with Gasteiger partial charge in [-0.25, -0.2) is 4.98 Å². The molecule has 3 heterocycles. The van der Waals surface area contributed by atoms with Crippen LogP contribution in [0.2, 0.25) is 5.02 Å². The highest BCUT2D eigenvalue weighted by Crippen LogP contribution is 2.39. The number of aromatic nitrogens is 1. The number of benzene rings is 2. The van der Waals surface area contributed by atoms with Crippen LogP contribution >= 0.6 is 34.7 Å². The molecule has 0 radical (unpaired) electrons. The predicted molar refractivity (Wildman–Crippen MR) is 138 cm³/mol. The van der Waals surface area contributed by atoms with Crippen LogP contribution in [0.3, 0.4) is 0 Å². The van der Waals surface area contributed by atoms with Gasteiger partial charge in [-0.15, -0.1) is 6.58 Å². The Morgan fingerprint density at radius 2 is 1.97 bits per heavy atom. The first kappa shape index (κ1) is 24.4. The number of halogens is 4. The number of aliphatic imine (C=N–C) groups is 1. The van der Waals surface area contributed by atoms with Gasteiger partial charge in [-0.05, 0) is 54.2 Å². The van der Waals surface area contributed by atoms with Crippen LogP contribution in [-0.4, -0.2) is 27.5 Å². The lowest BCUT2D eigenvalue weighted by molar-refractivity contribution is -0.137. The summed E-state index contributed by atoms with van der Waals surface area (Å²) in [4.78, 5) is 24.0. The summed E-state index contributed by atoms with van der Waals surface area (Å²) in [6, 6.07) is 13.7. The van der Waals surface area contributed by atoms with Gasteiger partial charge in [0.1, 0.15) is 11.5 Å². The summed E-state index contributed by atoms with van der Waals surface area (Å²) in [7, 11) is 0. The number of rotatable bonds is 5. The molecule has 0 saturated carbocycles. The molecule has 1 saturated heterocycles. The van der Waals surface area contributed by atoms with Gasteiger partial charge in [-0.2, -0.15) is 18.2 Å². The van der Waals surface area contributed by atoms with Crippen molar-refractivity contribution in [1.82, 2.24) is 9.88 Å². The normalized spacial score (nSPS) is 16.6. The van der Waals surface area contributed by atoms with E-state index in [2.05, 4.69) is 16.6 Å². The van der Waals surface area contributed by atoms with E-state index in [0.717, 1.165) is 34.1 Å². The molecule has 1 fully saturated rings. The minimum Gasteiger partial charge on any atom is -0.457 e. The standard InChI is InChI=1S/C25H15ClF3N3O2S2/c1-2-11-32-22(33)21(36-24(32)31-23-30-18-5-3-4-6-20(18)35-23)13-15-8-10-19(34-15)16-12-14(25(27,28)29)7-9-17(16)26/h2-10,12-13H,1,11H2. The molecule has 0 unspecified atom stereocenters. The third-order valence-corrected chi connectivity index (χ3v) is 7.40. The van der Waals surface area contributed by atoms with Crippen molar-refractivity contribution in [3.8, 4) is 11.3 Å². The van der Waals surface area contributed by atoms with Crippen LogP contribution in [0.15, 0.2) is 81.6 Å². The lowest BCUT2D eigenvalue weighted by Gasteiger charge is -2.11. The average Bonchev–Trinajstić information content (AvgIpc) is 3.53. The highest BCUT2D eigenvalue weighted by molar-refractivity contribution is 8.18. The summed E-state index contributed by atoms with van der Waals surface area (Å²) in [5, 5.41) is 1.07. The van der Waals surface area contributed by atoms with Gasteiger partial charge < -0.3 is 4.42 Å². The molecule has 4 aromatic rings. The Kier molecular flexibility index (Phi) is 6.50. The number of fused-ring (bicyclic) bond motifs is 1. The Balaban J connectivity index is 1.46. The minimum atomic E-state index is -4.52. The first-order chi connectivity index (χ1) is 17.2. The van der Waals surface area contributed by atoms with Crippen molar-refractivity contribution < 1.29 is 22.4 Å². The summed E-state index contributed by atoms with van der Waals surface area (Å²) in [6.45, 7) is 3.96. The molecule has 182 valence electrons. The van der Waals surface area contributed by atoms with Crippen molar-refractivity contribution in [1.29, 1.82) is 0 Å². The fraction of sp³-hybridized carbons (Fsp3) is 0.0800. The maximum Gasteiger partial charge on any atom is 0.416 e. The fourth-order valence-electron chi connectivity index (χ4n) is 3.47. The highest BCUT2D eigenvalue weighted by atomic mass is 35.5. The first-order valence-corrected chi connectivity index (χ1v) is 12.5. The van der Waals surface area contributed by atoms with Crippen LogP contribution in [-0.2, 0) is 11.0 Å². The molecule has 0 atom stereocenters. The van der Waals surface area contributed by atoms with Crippen LogP contribution in [0.1, 0.15) is 11.3 Å². The van der Waals surface area contributed by atoms with Crippen LogP contribution in [0.4, 0.5) is 18.3 Å². The van der Waals surface area contributed by atoms with E-state index >= 15 is 0 Å². The van der Waals surface area contributed by atoms with E-state index in [1.165, 1.54) is 34.4 Å². The molecule has 11 heteroatoms. The van der Waals surface area contributed by atoms with Gasteiger partial charge in [-0.3, -0.25) is 9.69 Å². The average molecular weight is 546 g/mol. The zero-order valence-corrected chi connectivity index (χ0v) is 20.6. The molecule has 2 aromatic heterocycles. The van der Waals surface area contributed by atoms with E-state index in [0.29, 0.717) is 15.2 Å². The molecule has 5 rings (SSSR count). The number of carbonyl (C=O) groups is 1. The smallest absolute Gasteiger partial charge is 0.416 e. The zero-order chi connectivity index (χ0) is 25.4. The summed E-state index contributed by atoms with van der Waals surface area (Å²) in [5.74, 6) is 0.142. The number of hydrogen-bond donors (Lipinski definition) is 0. The van der Waals surface area contributed by atoms with Gasteiger partial charge in [0.05, 0.1) is 25.7 Å². The molecule has 0 spiro atoms. The van der Waals surface area contributed by atoms with Crippen LogP contribution < -0.4 is 0 Å². The van der Waals surface area contributed by atoms with Crippen molar-refractivity contribution in [2.75, 3.05) is 6.54 Å². The third kappa shape index (κ3) is 4.84. The number of furan rings is 1. The molecule has 1 aliphatic heterocycles. The van der Waals surface area contributed by atoms with E-state index in [4.69, 9.17) is 16.0 Å². The first-order valence-electron chi connectivity index (χ1n) is 10.5. The van der Waals surface area contributed by atoms with Gasteiger partial charge in [-0.1, -0.05) is 41.1 Å². The Hall–Kier alpha value is -3.34. The summed E-state index contributed by atoms with van der Waals surface area (Å²) in [6.07, 6.45) is -1.40. The SMILES string of the molecule is C=CCN1C(=O)C(=Cc2ccc(-c3cc(C(F)(F)F)ccc3Cl)o2)SC1=Nc1nc2ccccc2s1. The van der Waals surface area contributed by atoms with Crippen molar-refractivity contribution in [3.63, 3.8) is 0 Å². The van der Waals surface area contributed by atoms with Crippen molar-refractivity contribution in [3.05, 3.63) is 88.5 Å². The van der Waals surface area contributed by atoms with E-state index in [9.17, 15) is 18.0 Å². The molecular formula is C25H15ClF3N3O2S2. The second-order valence-electron chi connectivity index (χ2n) is 7.57. The molecule has 0 aliphatic carbocycles. The Morgan fingerprint density at radius 3 is 2.72 bits per heavy atom. The number of thioether (sulfide) groups is 1. The highest BCUT2D eigenvalue weighted by Gasteiger charge is 2.34.